The van der Waals surface area contributed by atoms with Crippen LogP contribution in [0.2, 0.25) is 0 Å². The largest absolute Gasteiger partial charge is 0.490 e. The minimum absolute atomic E-state index is 0.174. The number of nitrogens with two attached hydrogens (primary N) is 1. The molecule has 0 spiro atoms. The fourth-order valence-electron chi connectivity index (χ4n) is 2.22. The molecule has 0 aliphatic heterocycles. The van der Waals surface area contributed by atoms with E-state index in [9.17, 15) is 4.39 Å². The third kappa shape index (κ3) is 3.53. The third-order valence-electron chi connectivity index (χ3n) is 3.48. The first-order chi connectivity index (χ1) is 10.2. The number of rotatable bonds is 5. The molecule has 0 radical (unpaired) electrons. The standard InChI is InChI=1S/C16H16FIN2O/c17-11-3-8-14(15(18)9-11)16(20-19)10-1-4-12(5-2-10)21-13-6-7-13/h1-5,8-9,13,16,20H,6-7,19H2. The van der Waals surface area contributed by atoms with Crippen LogP contribution in [0.15, 0.2) is 42.5 Å². The highest BCUT2D eigenvalue weighted by Gasteiger charge is 2.23. The molecule has 110 valence electrons. The zero-order valence-electron chi connectivity index (χ0n) is 11.4. The lowest BCUT2D eigenvalue weighted by Crippen LogP contribution is -2.29. The molecule has 3 N–H and O–H groups in total. The fourth-order valence-corrected chi connectivity index (χ4v) is 3.01. The first-order valence-corrected chi connectivity index (χ1v) is 7.93. The van der Waals surface area contributed by atoms with Crippen LogP contribution in [0.3, 0.4) is 0 Å². The molecule has 1 saturated carbocycles. The van der Waals surface area contributed by atoms with Crippen LogP contribution < -0.4 is 16.0 Å². The molecule has 1 atom stereocenters. The van der Waals surface area contributed by atoms with Gasteiger partial charge in [-0.05, 0) is 70.8 Å². The first kappa shape index (κ1) is 14.7. The van der Waals surface area contributed by atoms with Crippen LogP contribution in [-0.2, 0) is 0 Å². The summed E-state index contributed by atoms with van der Waals surface area (Å²) in [5.74, 6) is 6.33. The lowest BCUT2D eigenvalue weighted by molar-refractivity contribution is 0.303. The van der Waals surface area contributed by atoms with Gasteiger partial charge in [0.25, 0.3) is 0 Å². The van der Waals surface area contributed by atoms with E-state index in [1.54, 1.807) is 6.07 Å². The van der Waals surface area contributed by atoms with Gasteiger partial charge in [-0.2, -0.15) is 0 Å². The monoisotopic (exact) mass is 398 g/mol. The van der Waals surface area contributed by atoms with E-state index < -0.39 is 0 Å². The van der Waals surface area contributed by atoms with Crippen molar-refractivity contribution in [1.82, 2.24) is 5.43 Å². The second-order valence-electron chi connectivity index (χ2n) is 5.15. The summed E-state index contributed by atoms with van der Waals surface area (Å²) in [6.45, 7) is 0. The van der Waals surface area contributed by atoms with E-state index in [-0.39, 0.29) is 11.9 Å². The Morgan fingerprint density at radius 3 is 2.48 bits per heavy atom. The van der Waals surface area contributed by atoms with Gasteiger partial charge in [-0.1, -0.05) is 18.2 Å². The first-order valence-electron chi connectivity index (χ1n) is 6.85. The number of hydrogen-bond donors (Lipinski definition) is 2. The average Bonchev–Trinajstić information content (AvgIpc) is 3.27. The molecule has 5 heteroatoms. The van der Waals surface area contributed by atoms with E-state index >= 15 is 0 Å². The van der Waals surface area contributed by atoms with Crippen molar-refractivity contribution < 1.29 is 9.13 Å². The van der Waals surface area contributed by atoms with Gasteiger partial charge in [0, 0.05) is 3.57 Å². The van der Waals surface area contributed by atoms with Crippen molar-refractivity contribution in [2.24, 2.45) is 5.84 Å². The zero-order valence-corrected chi connectivity index (χ0v) is 13.5. The van der Waals surface area contributed by atoms with Gasteiger partial charge in [-0.15, -0.1) is 0 Å². The number of hydrazine groups is 1. The molecule has 3 rings (SSSR count). The van der Waals surface area contributed by atoms with Crippen LogP contribution in [0.5, 0.6) is 5.75 Å². The maximum atomic E-state index is 13.2. The fraction of sp³-hybridized carbons (Fsp3) is 0.250. The van der Waals surface area contributed by atoms with Gasteiger partial charge in [-0.25, -0.2) is 9.82 Å². The summed E-state index contributed by atoms with van der Waals surface area (Å²) in [6, 6.07) is 12.4. The van der Waals surface area contributed by atoms with Gasteiger partial charge >= 0.3 is 0 Å². The summed E-state index contributed by atoms with van der Waals surface area (Å²) in [6.07, 6.45) is 2.67. The van der Waals surface area contributed by atoms with Crippen molar-refractivity contribution in [3.63, 3.8) is 0 Å². The predicted molar refractivity (Wildman–Crippen MR) is 88.4 cm³/mol. The topological polar surface area (TPSA) is 47.3 Å². The SMILES string of the molecule is NNC(c1ccc(OC2CC2)cc1)c1ccc(F)cc1I. The van der Waals surface area contributed by atoms with Crippen LogP contribution in [0.1, 0.15) is 30.0 Å². The highest BCUT2D eigenvalue weighted by atomic mass is 127. The van der Waals surface area contributed by atoms with Gasteiger partial charge in [0.2, 0.25) is 0 Å². The molecule has 1 aliphatic carbocycles. The Morgan fingerprint density at radius 2 is 1.90 bits per heavy atom. The average molecular weight is 398 g/mol. The molecule has 1 fully saturated rings. The summed E-state index contributed by atoms with van der Waals surface area (Å²) in [5.41, 5.74) is 4.77. The van der Waals surface area contributed by atoms with E-state index in [1.165, 1.54) is 12.1 Å². The molecule has 0 bridgehead atoms. The van der Waals surface area contributed by atoms with E-state index in [0.29, 0.717) is 6.10 Å². The Balaban J connectivity index is 1.84. The van der Waals surface area contributed by atoms with Crippen molar-refractivity contribution in [2.45, 2.75) is 25.0 Å². The molecule has 0 heterocycles. The molecular weight excluding hydrogens is 382 g/mol. The molecule has 2 aromatic carbocycles. The van der Waals surface area contributed by atoms with Gasteiger partial charge in [-0.3, -0.25) is 5.84 Å². The van der Waals surface area contributed by atoms with Crippen molar-refractivity contribution in [3.8, 4) is 5.75 Å². The summed E-state index contributed by atoms with van der Waals surface area (Å²) in [7, 11) is 0. The molecule has 0 aromatic heterocycles. The second-order valence-corrected chi connectivity index (χ2v) is 6.31. The summed E-state index contributed by atoms with van der Waals surface area (Å²) >= 11 is 2.12. The molecule has 21 heavy (non-hydrogen) atoms. The predicted octanol–water partition coefficient (Wildman–Crippen LogP) is 3.52. The van der Waals surface area contributed by atoms with Gasteiger partial charge < -0.3 is 4.74 Å². The van der Waals surface area contributed by atoms with Crippen LogP contribution >= 0.6 is 22.6 Å². The van der Waals surface area contributed by atoms with E-state index in [1.807, 2.05) is 24.3 Å². The van der Waals surface area contributed by atoms with Crippen LogP contribution in [0, 0.1) is 9.39 Å². The number of hydrogen-bond acceptors (Lipinski definition) is 3. The molecule has 0 saturated heterocycles. The van der Waals surface area contributed by atoms with Crippen molar-refractivity contribution in [1.29, 1.82) is 0 Å². The number of nitrogens with one attached hydrogen (secondary N) is 1. The molecule has 1 unspecified atom stereocenters. The maximum Gasteiger partial charge on any atom is 0.124 e. The Morgan fingerprint density at radius 1 is 1.19 bits per heavy atom. The Kier molecular flexibility index (Phi) is 4.42. The molecular formula is C16H16FIN2O. The molecule has 3 nitrogen and oxygen atoms in total. The number of halogens is 2. The van der Waals surface area contributed by atoms with E-state index in [2.05, 4.69) is 28.0 Å². The van der Waals surface area contributed by atoms with Crippen LogP contribution in [0.25, 0.3) is 0 Å². The highest BCUT2D eigenvalue weighted by Crippen LogP contribution is 2.30. The van der Waals surface area contributed by atoms with E-state index in [4.69, 9.17) is 10.6 Å². The summed E-state index contributed by atoms with van der Waals surface area (Å²) in [4.78, 5) is 0. The van der Waals surface area contributed by atoms with Crippen LogP contribution in [-0.4, -0.2) is 6.10 Å². The van der Waals surface area contributed by atoms with Crippen molar-refractivity contribution in [2.75, 3.05) is 0 Å². The zero-order chi connectivity index (χ0) is 14.8. The normalized spacial score (nSPS) is 15.8. The lowest BCUT2D eigenvalue weighted by atomic mass is 9.99. The highest BCUT2D eigenvalue weighted by molar-refractivity contribution is 14.1. The van der Waals surface area contributed by atoms with E-state index in [0.717, 1.165) is 33.3 Å². The van der Waals surface area contributed by atoms with Gasteiger partial charge in [0.05, 0.1) is 12.1 Å². The van der Waals surface area contributed by atoms with Gasteiger partial charge in [0.15, 0.2) is 0 Å². The number of ether oxygens (including phenoxy) is 1. The maximum absolute atomic E-state index is 13.2. The third-order valence-corrected chi connectivity index (χ3v) is 4.41. The minimum Gasteiger partial charge on any atom is -0.490 e. The number of benzene rings is 2. The summed E-state index contributed by atoms with van der Waals surface area (Å²) < 4.78 is 19.8. The molecule has 1 aliphatic rings. The summed E-state index contributed by atoms with van der Waals surface area (Å²) in [5, 5.41) is 0. The van der Waals surface area contributed by atoms with Gasteiger partial charge in [0.1, 0.15) is 11.6 Å². The minimum atomic E-state index is -0.243. The Bertz CT molecular complexity index is 629. The Labute approximate surface area is 136 Å². The lowest BCUT2D eigenvalue weighted by Gasteiger charge is -2.19. The molecule has 0 amide bonds. The van der Waals surface area contributed by atoms with Crippen molar-refractivity contribution in [3.05, 3.63) is 63.0 Å². The van der Waals surface area contributed by atoms with Crippen molar-refractivity contribution >= 4 is 22.6 Å². The Hall–Kier alpha value is -1.18. The van der Waals surface area contributed by atoms with Crippen LogP contribution in [0.4, 0.5) is 4.39 Å². The smallest absolute Gasteiger partial charge is 0.124 e. The molecule has 2 aromatic rings. The quantitative estimate of drug-likeness (QED) is 0.460. The second kappa shape index (κ2) is 6.29.